The van der Waals surface area contributed by atoms with Crippen LogP contribution >= 0.6 is 11.3 Å². The second-order valence-corrected chi connectivity index (χ2v) is 9.56. The molecule has 0 fully saturated rings. The first kappa shape index (κ1) is 20.8. The summed E-state index contributed by atoms with van der Waals surface area (Å²) in [6.45, 7) is 2.69. The smallest absolute Gasteiger partial charge is 0.252 e. The molecule has 5 rings (SSSR count). The van der Waals surface area contributed by atoms with Gasteiger partial charge in [-0.25, -0.2) is 15.0 Å². The molecule has 1 atom stereocenters. The number of methoxy groups -OCH3 is 1. The zero-order valence-corrected chi connectivity index (χ0v) is 19.4. The minimum absolute atomic E-state index is 0.00270. The number of amides is 1. The lowest BCUT2D eigenvalue weighted by molar-refractivity contribution is -0.180. The summed E-state index contributed by atoms with van der Waals surface area (Å²) in [6.07, 6.45) is 5.65. The second-order valence-electron chi connectivity index (χ2n) is 8.47. The first-order chi connectivity index (χ1) is 15.4. The molecule has 2 aliphatic rings. The van der Waals surface area contributed by atoms with Crippen molar-refractivity contribution in [1.29, 1.82) is 0 Å². The molecule has 2 aromatic heterocycles. The number of thiophene rings is 1. The minimum atomic E-state index is -0.498. The Morgan fingerprint density at radius 1 is 1.28 bits per heavy atom. The summed E-state index contributed by atoms with van der Waals surface area (Å²) in [5.74, 6) is 1.51. The molecule has 32 heavy (non-hydrogen) atoms. The van der Waals surface area contributed by atoms with Crippen molar-refractivity contribution >= 4 is 45.2 Å². The monoisotopic (exact) mass is 451 g/mol. The number of nitrogens with one attached hydrogen (secondary N) is 1. The summed E-state index contributed by atoms with van der Waals surface area (Å²) in [6, 6.07) is 4.07. The van der Waals surface area contributed by atoms with Gasteiger partial charge in [0.2, 0.25) is 0 Å². The van der Waals surface area contributed by atoms with Gasteiger partial charge in [0.15, 0.2) is 0 Å². The highest BCUT2D eigenvalue weighted by Crippen LogP contribution is 2.45. The van der Waals surface area contributed by atoms with Gasteiger partial charge in [0.05, 0.1) is 37.3 Å². The van der Waals surface area contributed by atoms with Gasteiger partial charge >= 0.3 is 0 Å². The molecule has 0 saturated carbocycles. The third-order valence-electron chi connectivity index (χ3n) is 6.43. The second kappa shape index (κ2) is 7.83. The molecule has 1 N–H and O–H groups in total. The lowest BCUT2D eigenvalue weighted by atomic mass is 9.74. The quantitative estimate of drug-likeness (QED) is 0.592. The maximum absolute atomic E-state index is 12.9. The molecular weight excluding hydrogens is 426 g/mol. The molecule has 0 unspecified atom stereocenters. The number of carbonyl (C=O) groups is 1. The summed E-state index contributed by atoms with van der Waals surface area (Å²) in [5, 5.41) is 5.83. The van der Waals surface area contributed by atoms with Crippen LogP contribution in [0.5, 0.6) is 5.75 Å². The van der Waals surface area contributed by atoms with E-state index in [-0.39, 0.29) is 5.91 Å². The Morgan fingerprint density at radius 2 is 2.12 bits per heavy atom. The predicted molar refractivity (Wildman–Crippen MR) is 125 cm³/mol. The lowest BCUT2D eigenvalue weighted by Crippen LogP contribution is -2.42. The molecule has 1 amide bonds. The molecule has 0 bridgehead atoms. The van der Waals surface area contributed by atoms with E-state index in [0.29, 0.717) is 13.0 Å². The largest absolute Gasteiger partial charge is 0.495 e. The fourth-order valence-corrected chi connectivity index (χ4v) is 5.93. The molecule has 1 aliphatic carbocycles. The first-order valence-corrected chi connectivity index (χ1v) is 11.3. The van der Waals surface area contributed by atoms with Gasteiger partial charge in [-0.3, -0.25) is 14.6 Å². The zero-order valence-electron chi connectivity index (χ0n) is 18.6. The van der Waals surface area contributed by atoms with Gasteiger partial charge in [0, 0.05) is 18.1 Å². The number of rotatable bonds is 5. The summed E-state index contributed by atoms with van der Waals surface area (Å²) in [7, 11) is 4.84. The first-order valence-electron chi connectivity index (χ1n) is 10.5. The van der Waals surface area contributed by atoms with Crippen molar-refractivity contribution in [3.63, 3.8) is 0 Å². The highest BCUT2D eigenvalue weighted by atomic mass is 32.1. The van der Waals surface area contributed by atoms with E-state index in [1.165, 1.54) is 22.6 Å². The number of ether oxygens (including phenoxy) is 1. The number of aryl methyl sites for hydroxylation is 1. The summed E-state index contributed by atoms with van der Waals surface area (Å²) in [4.78, 5) is 33.6. The predicted octanol–water partition coefficient (Wildman–Crippen LogP) is 3.89. The van der Waals surface area contributed by atoms with E-state index in [4.69, 9.17) is 9.57 Å². The van der Waals surface area contributed by atoms with Crippen LogP contribution in [0.15, 0.2) is 23.5 Å². The van der Waals surface area contributed by atoms with Crippen LogP contribution in [-0.4, -0.2) is 48.4 Å². The van der Waals surface area contributed by atoms with Crippen molar-refractivity contribution < 1.29 is 14.4 Å². The van der Waals surface area contributed by atoms with E-state index in [9.17, 15) is 4.79 Å². The van der Waals surface area contributed by atoms with Crippen LogP contribution in [0.2, 0.25) is 0 Å². The molecule has 1 aliphatic heterocycles. The molecule has 0 radical (unpaired) electrons. The fourth-order valence-electron chi connectivity index (χ4n) is 4.56. The Kier molecular flexibility index (Phi) is 5.10. The normalized spacial score (nSPS) is 19.0. The SMILES string of the molecule is COc1cc2c(cc1Nc1ncnc3sc4c(c13)CC[C@](C)(C(=O)N(C)OC)C4)C=NC2. The molecule has 9 heteroatoms. The highest BCUT2D eigenvalue weighted by molar-refractivity contribution is 7.19. The number of anilines is 2. The van der Waals surface area contributed by atoms with Crippen LogP contribution in [0.1, 0.15) is 34.9 Å². The Morgan fingerprint density at radius 3 is 2.91 bits per heavy atom. The number of hydrogen-bond donors (Lipinski definition) is 1. The van der Waals surface area contributed by atoms with Crippen LogP contribution in [0.4, 0.5) is 11.5 Å². The number of aromatic nitrogens is 2. The maximum Gasteiger partial charge on any atom is 0.252 e. The van der Waals surface area contributed by atoms with Crippen LogP contribution < -0.4 is 10.1 Å². The van der Waals surface area contributed by atoms with Crippen molar-refractivity contribution in [2.45, 2.75) is 32.7 Å². The molecule has 3 aromatic rings. The Bertz CT molecular complexity index is 1250. The van der Waals surface area contributed by atoms with Gasteiger partial charge in [-0.05, 0) is 48.1 Å². The highest BCUT2D eigenvalue weighted by Gasteiger charge is 2.41. The minimum Gasteiger partial charge on any atom is -0.495 e. The molecule has 0 spiro atoms. The van der Waals surface area contributed by atoms with Crippen molar-refractivity contribution in [2.24, 2.45) is 10.4 Å². The summed E-state index contributed by atoms with van der Waals surface area (Å²) in [5.41, 5.74) is 3.81. The average Bonchev–Trinajstić information content (AvgIpc) is 3.40. The number of benzene rings is 1. The molecule has 3 heterocycles. The number of hydrogen-bond acceptors (Lipinski definition) is 8. The van der Waals surface area contributed by atoms with E-state index in [0.717, 1.165) is 51.4 Å². The van der Waals surface area contributed by atoms with Gasteiger partial charge in [0.1, 0.15) is 22.7 Å². The van der Waals surface area contributed by atoms with Crippen molar-refractivity contribution in [1.82, 2.24) is 15.0 Å². The topological polar surface area (TPSA) is 88.9 Å². The number of fused-ring (bicyclic) bond motifs is 4. The summed E-state index contributed by atoms with van der Waals surface area (Å²) >= 11 is 1.64. The zero-order chi connectivity index (χ0) is 22.5. The number of hydroxylamine groups is 2. The van der Waals surface area contributed by atoms with Gasteiger partial charge < -0.3 is 10.1 Å². The van der Waals surface area contributed by atoms with Crippen LogP contribution in [-0.2, 0) is 29.0 Å². The van der Waals surface area contributed by atoms with Crippen LogP contribution in [0, 0.1) is 5.41 Å². The Hall–Kier alpha value is -3.04. The Labute approximate surface area is 190 Å². The maximum atomic E-state index is 12.9. The number of aliphatic imine (C=N–C) groups is 1. The van der Waals surface area contributed by atoms with Gasteiger partial charge in [-0.2, -0.15) is 0 Å². The van der Waals surface area contributed by atoms with Crippen molar-refractivity contribution in [3.05, 3.63) is 40.0 Å². The van der Waals surface area contributed by atoms with E-state index >= 15 is 0 Å². The standard InChI is InChI=1S/C23H25N5O3S/c1-23(22(29)28(2)31-4)6-5-15-18(9-23)32-21-19(15)20(25-12-26-21)27-16-7-13-10-24-11-14(13)8-17(16)30-3/h7-8,10,12H,5-6,9,11H2,1-4H3,(H,25,26,27)/t23-/m0/s1. The molecular formula is C23H25N5O3S. The lowest BCUT2D eigenvalue weighted by Gasteiger charge is -2.34. The third kappa shape index (κ3) is 3.32. The van der Waals surface area contributed by atoms with Crippen LogP contribution in [0.3, 0.4) is 0 Å². The van der Waals surface area contributed by atoms with Crippen molar-refractivity contribution in [3.8, 4) is 5.75 Å². The van der Waals surface area contributed by atoms with E-state index < -0.39 is 5.41 Å². The molecule has 1 aromatic carbocycles. The summed E-state index contributed by atoms with van der Waals surface area (Å²) < 4.78 is 5.62. The number of carbonyl (C=O) groups excluding carboxylic acids is 1. The van der Waals surface area contributed by atoms with E-state index in [1.807, 2.05) is 25.3 Å². The van der Waals surface area contributed by atoms with Gasteiger partial charge in [-0.1, -0.05) is 6.92 Å². The fraction of sp³-hybridized carbons (Fsp3) is 0.391. The van der Waals surface area contributed by atoms with Gasteiger partial charge in [-0.15, -0.1) is 11.3 Å². The van der Waals surface area contributed by atoms with Crippen LogP contribution in [0.25, 0.3) is 10.2 Å². The third-order valence-corrected chi connectivity index (χ3v) is 7.57. The van der Waals surface area contributed by atoms with Gasteiger partial charge in [0.25, 0.3) is 5.91 Å². The molecule has 0 saturated heterocycles. The molecule has 166 valence electrons. The van der Waals surface area contributed by atoms with E-state index in [2.05, 4.69) is 20.3 Å². The van der Waals surface area contributed by atoms with Crippen molar-refractivity contribution in [2.75, 3.05) is 26.6 Å². The average molecular weight is 452 g/mol. The molecule has 8 nitrogen and oxygen atoms in total. The van der Waals surface area contributed by atoms with E-state index in [1.54, 1.807) is 31.8 Å². The Balaban J connectivity index is 1.53. The number of nitrogens with zero attached hydrogens (tertiary/aromatic N) is 4.